The van der Waals surface area contributed by atoms with Gasteiger partial charge >= 0.3 is 0 Å². The van der Waals surface area contributed by atoms with E-state index in [2.05, 4.69) is 26.1 Å². The van der Waals surface area contributed by atoms with Gasteiger partial charge in [0.05, 0.1) is 0 Å². The van der Waals surface area contributed by atoms with Gasteiger partial charge < -0.3 is 11.1 Å². The zero-order valence-corrected chi connectivity index (χ0v) is 8.56. The maximum absolute atomic E-state index is 6.02. The van der Waals surface area contributed by atoms with Crippen molar-refractivity contribution in [3.8, 4) is 0 Å². The fourth-order valence-corrected chi connectivity index (χ4v) is 1.21. The summed E-state index contributed by atoms with van der Waals surface area (Å²) in [5.74, 6) is 0. The highest BCUT2D eigenvalue weighted by atomic mass is 15.0. The Morgan fingerprint density at radius 1 is 1.42 bits per heavy atom. The Morgan fingerprint density at radius 3 is 2.33 bits per heavy atom. The summed E-state index contributed by atoms with van der Waals surface area (Å²) in [6.45, 7) is 7.55. The number of nitrogens with one attached hydrogen (secondary N) is 1. The van der Waals surface area contributed by atoms with Crippen molar-refractivity contribution in [1.82, 2.24) is 5.32 Å². The van der Waals surface area contributed by atoms with Crippen molar-refractivity contribution < 1.29 is 0 Å². The molecule has 2 heteroatoms. The summed E-state index contributed by atoms with van der Waals surface area (Å²) in [7, 11) is 0. The van der Waals surface area contributed by atoms with Crippen LogP contribution >= 0.6 is 0 Å². The molecule has 0 aromatic carbocycles. The van der Waals surface area contributed by atoms with E-state index in [0.29, 0.717) is 0 Å². The minimum Gasteiger partial charge on any atom is -0.326 e. The van der Waals surface area contributed by atoms with Crippen LogP contribution in [0.25, 0.3) is 0 Å². The molecular weight excluding hydrogens is 148 g/mol. The van der Waals surface area contributed by atoms with Crippen molar-refractivity contribution in [3.05, 3.63) is 0 Å². The number of nitrogens with two attached hydrogens (primary N) is 1. The van der Waals surface area contributed by atoms with Gasteiger partial charge in [-0.2, -0.15) is 0 Å². The number of rotatable bonds is 3. The highest BCUT2D eigenvalue weighted by Crippen LogP contribution is 2.20. The smallest absolute Gasteiger partial charge is 0.0214 e. The molecule has 0 aromatic rings. The van der Waals surface area contributed by atoms with Gasteiger partial charge in [0.2, 0.25) is 0 Å². The van der Waals surface area contributed by atoms with Crippen LogP contribution in [-0.4, -0.2) is 18.6 Å². The molecule has 1 aliphatic carbocycles. The van der Waals surface area contributed by atoms with Crippen LogP contribution in [0.2, 0.25) is 0 Å². The molecule has 0 radical (unpaired) electrons. The second-order valence-corrected chi connectivity index (χ2v) is 5.01. The maximum atomic E-state index is 6.02. The van der Waals surface area contributed by atoms with E-state index in [1.807, 2.05) is 0 Å². The van der Waals surface area contributed by atoms with Crippen LogP contribution in [0.1, 0.15) is 40.0 Å². The third-order valence-electron chi connectivity index (χ3n) is 2.84. The molecule has 1 fully saturated rings. The number of hydrogen-bond acceptors (Lipinski definition) is 2. The van der Waals surface area contributed by atoms with Crippen molar-refractivity contribution in [2.45, 2.75) is 52.1 Å². The summed E-state index contributed by atoms with van der Waals surface area (Å²) in [6, 6.07) is 1.04. The van der Waals surface area contributed by atoms with Gasteiger partial charge in [0.1, 0.15) is 0 Å². The average molecular weight is 170 g/mol. The normalized spacial score (nSPS) is 22.0. The molecule has 72 valence electrons. The fraction of sp³-hybridized carbons (Fsp3) is 1.00. The van der Waals surface area contributed by atoms with Gasteiger partial charge in [0.25, 0.3) is 0 Å². The molecule has 0 heterocycles. The van der Waals surface area contributed by atoms with Crippen molar-refractivity contribution in [2.75, 3.05) is 6.54 Å². The van der Waals surface area contributed by atoms with Crippen LogP contribution in [0.3, 0.4) is 0 Å². The first kappa shape index (κ1) is 10.0. The Balaban J connectivity index is 2.13. The third kappa shape index (κ3) is 2.76. The Labute approximate surface area is 75.9 Å². The first-order valence-corrected chi connectivity index (χ1v) is 4.99. The molecule has 1 atom stereocenters. The zero-order chi connectivity index (χ0) is 9.19. The van der Waals surface area contributed by atoms with Crippen molar-refractivity contribution in [1.29, 1.82) is 0 Å². The van der Waals surface area contributed by atoms with E-state index < -0.39 is 0 Å². The van der Waals surface area contributed by atoms with Crippen LogP contribution in [-0.2, 0) is 0 Å². The van der Waals surface area contributed by atoms with Crippen molar-refractivity contribution in [3.63, 3.8) is 0 Å². The maximum Gasteiger partial charge on any atom is 0.0214 e. The summed E-state index contributed by atoms with van der Waals surface area (Å²) in [5.41, 5.74) is 6.25. The Bertz CT molecular complexity index is 133. The summed E-state index contributed by atoms with van der Waals surface area (Å²) in [4.78, 5) is 0. The van der Waals surface area contributed by atoms with Gasteiger partial charge in [-0.15, -0.1) is 0 Å². The molecule has 0 amide bonds. The predicted octanol–water partition coefficient (Wildman–Crippen LogP) is 1.50. The average Bonchev–Trinajstić information content (AvgIpc) is 1.81. The minimum absolute atomic E-state index is 0.233. The monoisotopic (exact) mass is 170 g/mol. The van der Waals surface area contributed by atoms with Crippen LogP contribution in [0.15, 0.2) is 0 Å². The van der Waals surface area contributed by atoms with Gasteiger partial charge in [0, 0.05) is 18.6 Å². The van der Waals surface area contributed by atoms with E-state index in [-0.39, 0.29) is 11.5 Å². The molecule has 0 aromatic heterocycles. The molecule has 1 aliphatic rings. The molecular formula is C10H22N2. The van der Waals surface area contributed by atoms with Gasteiger partial charge in [0.15, 0.2) is 0 Å². The summed E-state index contributed by atoms with van der Waals surface area (Å²) >= 11 is 0. The lowest BCUT2D eigenvalue weighted by Gasteiger charge is -2.32. The topological polar surface area (TPSA) is 38.0 Å². The molecule has 0 bridgehead atoms. The second kappa shape index (κ2) is 3.75. The highest BCUT2D eigenvalue weighted by molar-refractivity contribution is 4.83. The quantitative estimate of drug-likeness (QED) is 0.673. The molecule has 0 aliphatic heterocycles. The molecule has 1 unspecified atom stereocenters. The molecule has 0 saturated heterocycles. The molecule has 1 saturated carbocycles. The van der Waals surface area contributed by atoms with Gasteiger partial charge in [-0.3, -0.25) is 0 Å². The van der Waals surface area contributed by atoms with Crippen LogP contribution < -0.4 is 11.1 Å². The Kier molecular flexibility index (Phi) is 3.13. The first-order valence-electron chi connectivity index (χ1n) is 4.99. The van der Waals surface area contributed by atoms with E-state index in [9.17, 15) is 0 Å². The second-order valence-electron chi connectivity index (χ2n) is 5.01. The summed E-state index contributed by atoms with van der Waals surface area (Å²) < 4.78 is 0. The van der Waals surface area contributed by atoms with Crippen molar-refractivity contribution >= 4 is 0 Å². The fourth-order valence-electron chi connectivity index (χ4n) is 1.21. The van der Waals surface area contributed by atoms with Gasteiger partial charge in [-0.05, 0) is 18.3 Å². The third-order valence-corrected chi connectivity index (χ3v) is 2.84. The molecule has 0 spiro atoms. The summed E-state index contributed by atoms with van der Waals surface area (Å²) in [6.07, 6.45) is 4.08. The van der Waals surface area contributed by atoms with Crippen LogP contribution in [0.4, 0.5) is 0 Å². The minimum atomic E-state index is 0.233. The van der Waals surface area contributed by atoms with Crippen LogP contribution in [0.5, 0.6) is 0 Å². The highest BCUT2D eigenvalue weighted by Gasteiger charge is 2.23. The molecule has 3 N–H and O–H groups in total. The lowest BCUT2D eigenvalue weighted by Crippen LogP contribution is -2.48. The Hall–Kier alpha value is -0.0800. The molecule has 12 heavy (non-hydrogen) atoms. The van der Waals surface area contributed by atoms with E-state index >= 15 is 0 Å². The largest absolute Gasteiger partial charge is 0.326 e. The van der Waals surface area contributed by atoms with Gasteiger partial charge in [-0.25, -0.2) is 0 Å². The lowest BCUT2D eigenvalue weighted by molar-refractivity contribution is 0.269. The van der Waals surface area contributed by atoms with E-state index in [1.54, 1.807) is 0 Å². The van der Waals surface area contributed by atoms with Crippen LogP contribution in [0, 0.1) is 5.41 Å². The Morgan fingerprint density at radius 2 is 2.00 bits per heavy atom. The van der Waals surface area contributed by atoms with Crippen molar-refractivity contribution in [2.24, 2.45) is 11.1 Å². The van der Waals surface area contributed by atoms with E-state index in [1.165, 1.54) is 19.3 Å². The molecule has 1 rings (SSSR count). The predicted molar refractivity (Wildman–Crippen MR) is 53.1 cm³/mol. The first-order chi connectivity index (χ1) is 5.50. The number of hydrogen-bond donors (Lipinski definition) is 2. The van der Waals surface area contributed by atoms with E-state index in [0.717, 1.165) is 12.6 Å². The molecule has 2 nitrogen and oxygen atoms in total. The van der Waals surface area contributed by atoms with E-state index in [4.69, 9.17) is 5.73 Å². The lowest BCUT2D eigenvalue weighted by atomic mass is 9.86. The SMILES string of the molecule is CC(C)(C)C(N)CNC1CCC1. The summed E-state index contributed by atoms with van der Waals surface area (Å²) in [5, 5.41) is 3.50. The standard InChI is InChI=1S/C10H22N2/c1-10(2,3)9(11)7-12-8-5-4-6-8/h8-9,12H,4-7,11H2,1-3H3. The zero-order valence-electron chi connectivity index (χ0n) is 8.56. The van der Waals surface area contributed by atoms with Gasteiger partial charge in [-0.1, -0.05) is 27.2 Å².